The van der Waals surface area contributed by atoms with Crippen molar-refractivity contribution in [2.75, 3.05) is 56.1 Å². The quantitative estimate of drug-likeness (QED) is 0.721. The van der Waals surface area contributed by atoms with Crippen molar-refractivity contribution >= 4 is 11.8 Å². The molecular weight excluding hydrogens is 400 g/mol. The van der Waals surface area contributed by atoms with Crippen LogP contribution in [0.2, 0.25) is 0 Å². The van der Waals surface area contributed by atoms with Crippen molar-refractivity contribution in [3.63, 3.8) is 0 Å². The first kappa shape index (κ1) is 21.6. The van der Waals surface area contributed by atoms with Gasteiger partial charge in [-0.1, -0.05) is 37.1 Å². The average Bonchev–Trinajstić information content (AvgIpc) is 2.85. The van der Waals surface area contributed by atoms with Crippen LogP contribution < -0.4 is 10.2 Å². The number of aliphatic hydroxyl groups is 1. The van der Waals surface area contributed by atoms with Crippen molar-refractivity contribution in [3.05, 3.63) is 47.7 Å². The van der Waals surface area contributed by atoms with E-state index in [1.807, 2.05) is 12.3 Å². The lowest BCUT2D eigenvalue weighted by atomic mass is 9.88. The van der Waals surface area contributed by atoms with Gasteiger partial charge in [0.2, 0.25) is 5.95 Å². The molecule has 2 atom stereocenters. The Bertz CT molecular complexity index is 884. The summed E-state index contributed by atoms with van der Waals surface area (Å²) < 4.78 is 0. The molecule has 172 valence electrons. The molecule has 5 rings (SSSR count). The third kappa shape index (κ3) is 4.90. The van der Waals surface area contributed by atoms with Crippen LogP contribution in [0.25, 0.3) is 0 Å². The monoisotopic (exact) mass is 436 g/mol. The van der Waals surface area contributed by atoms with Crippen LogP contribution in [-0.2, 0) is 13.0 Å². The summed E-state index contributed by atoms with van der Waals surface area (Å²) in [7, 11) is 0. The van der Waals surface area contributed by atoms with E-state index in [9.17, 15) is 5.11 Å². The number of β-amino-alcohol motifs (C(OH)–C–C–N with tert-alkyl or cyclic N) is 1. The van der Waals surface area contributed by atoms with Crippen LogP contribution in [0.1, 0.15) is 36.8 Å². The topological polar surface area (TPSA) is 67.8 Å². The molecule has 1 saturated heterocycles. The maximum absolute atomic E-state index is 9.22. The molecule has 3 heterocycles. The number of anilines is 2. The smallest absolute Gasteiger partial charge is 0.224 e. The van der Waals surface area contributed by atoms with Gasteiger partial charge in [0.25, 0.3) is 0 Å². The van der Waals surface area contributed by atoms with Gasteiger partial charge in [0.05, 0.1) is 6.61 Å². The van der Waals surface area contributed by atoms with Gasteiger partial charge in [0.1, 0.15) is 5.82 Å². The minimum atomic E-state index is 0.254. The summed E-state index contributed by atoms with van der Waals surface area (Å²) in [5.41, 5.74) is 2.86. The van der Waals surface area contributed by atoms with Crippen molar-refractivity contribution in [1.82, 2.24) is 19.8 Å². The number of aromatic nitrogens is 2. The first-order valence-corrected chi connectivity index (χ1v) is 12.3. The van der Waals surface area contributed by atoms with Crippen LogP contribution in [0.3, 0.4) is 0 Å². The summed E-state index contributed by atoms with van der Waals surface area (Å²) in [5.74, 6) is 1.78. The first-order chi connectivity index (χ1) is 15.8. The maximum Gasteiger partial charge on any atom is 0.224 e. The molecule has 1 aromatic heterocycles. The zero-order chi connectivity index (χ0) is 21.8. The van der Waals surface area contributed by atoms with E-state index in [4.69, 9.17) is 4.98 Å². The van der Waals surface area contributed by atoms with Gasteiger partial charge >= 0.3 is 0 Å². The maximum atomic E-state index is 9.22. The molecule has 2 aromatic rings. The van der Waals surface area contributed by atoms with Crippen LogP contribution in [0, 0.1) is 0 Å². The summed E-state index contributed by atoms with van der Waals surface area (Å²) in [6.07, 6.45) is 7.94. The molecule has 7 heteroatoms. The SMILES string of the molecule is OCCN1CCN(C2CCCCC2Nc2nccc(N3CCc4ccccc4C3)n2)CC1. The molecule has 2 aliphatic heterocycles. The number of rotatable bonds is 6. The van der Waals surface area contributed by atoms with Crippen LogP contribution in [0.5, 0.6) is 0 Å². The number of hydrogen-bond acceptors (Lipinski definition) is 7. The zero-order valence-corrected chi connectivity index (χ0v) is 19.0. The number of fused-ring (bicyclic) bond motifs is 1. The van der Waals surface area contributed by atoms with Gasteiger partial charge in [-0.15, -0.1) is 0 Å². The third-order valence-electron chi connectivity index (χ3n) is 7.43. The van der Waals surface area contributed by atoms with Gasteiger partial charge in [-0.25, -0.2) is 4.98 Å². The fourth-order valence-corrected chi connectivity index (χ4v) is 5.63. The van der Waals surface area contributed by atoms with Crippen LogP contribution in [-0.4, -0.2) is 82.8 Å². The van der Waals surface area contributed by atoms with E-state index in [1.165, 1.54) is 36.8 Å². The van der Waals surface area contributed by atoms with Gasteiger partial charge in [-0.05, 0) is 36.5 Å². The average molecular weight is 437 g/mol. The van der Waals surface area contributed by atoms with E-state index in [1.54, 1.807) is 0 Å². The van der Waals surface area contributed by atoms with Gasteiger partial charge in [0.15, 0.2) is 0 Å². The van der Waals surface area contributed by atoms with E-state index in [0.717, 1.165) is 64.0 Å². The highest BCUT2D eigenvalue weighted by molar-refractivity contribution is 5.46. The Morgan fingerprint density at radius 2 is 1.78 bits per heavy atom. The van der Waals surface area contributed by atoms with E-state index >= 15 is 0 Å². The Kier molecular flexibility index (Phi) is 6.86. The Morgan fingerprint density at radius 1 is 0.969 bits per heavy atom. The van der Waals surface area contributed by atoms with Gasteiger partial charge in [-0.2, -0.15) is 4.98 Å². The predicted molar refractivity (Wildman–Crippen MR) is 128 cm³/mol. The molecule has 1 saturated carbocycles. The molecular formula is C25H36N6O. The Labute approximate surface area is 191 Å². The second-order valence-corrected chi connectivity index (χ2v) is 9.38. The van der Waals surface area contributed by atoms with Gasteiger partial charge in [0, 0.05) is 64.1 Å². The normalized spacial score (nSPS) is 24.8. The van der Waals surface area contributed by atoms with Crippen LogP contribution in [0.15, 0.2) is 36.5 Å². The minimum absolute atomic E-state index is 0.254. The summed E-state index contributed by atoms with van der Waals surface area (Å²) in [5, 5.41) is 12.9. The second kappa shape index (κ2) is 10.1. The highest BCUT2D eigenvalue weighted by Gasteiger charge is 2.32. The lowest BCUT2D eigenvalue weighted by molar-refractivity contribution is 0.0646. The van der Waals surface area contributed by atoms with Crippen molar-refractivity contribution < 1.29 is 5.11 Å². The lowest BCUT2D eigenvalue weighted by Crippen LogP contribution is -2.56. The molecule has 1 aromatic carbocycles. The molecule has 7 nitrogen and oxygen atoms in total. The zero-order valence-electron chi connectivity index (χ0n) is 19.0. The van der Waals surface area contributed by atoms with E-state index in [2.05, 4.69) is 49.3 Å². The van der Waals surface area contributed by atoms with Gasteiger partial charge in [-0.3, -0.25) is 9.80 Å². The molecule has 2 fully saturated rings. The molecule has 0 bridgehead atoms. The molecule has 32 heavy (non-hydrogen) atoms. The molecule has 0 amide bonds. The third-order valence-corrected chi connectivity index (χ3v) is 7.43. The standard InChI is InChI=1S/C25H36N6O/c32-18-17-29-13-15-30(16-14-29)23-8-4-3-7-22(23)27-25-26-11-9-24(28-25)31-12-10-20-5-1-2-6-21(20)19-31/h1-2,5-6,9,11,22-23,32H,3-4,7-8,10,12-19H2,(H,26,27,28). The number of nitrogens with zero attached hydrogens (tertiary/aromatic N) is 5. The predicted octanol–water partition coefficient (Wildman–Crippen LogP) is 2.37. The Hall–Kier alpha value is -2.22. The number of aliphatic hydroxyl groups excluding tert-OH is 1. The molecule has 2 unspecified atom stereocenters. The lowest BCUT2D eigenvalue weighted by Gasteiger charge is -2.44. The molecule has 3 aliphatic rings. The van der Waals surface area contributed by atoms with E-state index in [0.29, 0.717) is 12.1 Å². The first-order valence-electron chi connectivity index (χ1n) is 12.3. The fourth-order valence-electron chi connectivity index (χ4n) is 5.63. The van der Waals surface area contributed by atoms with E-state index < -0.39 is 0 Å². The molecule has 0 radical (unpaired) electrons. The highest BCUT2D eigenvalue weighted by Crippen LogP contribution is 2.28. The minimum Gasteiger partial charge on any atom is -0.395 e. The van der Waals surface area contributed by atoms with Crippen LogP contribution in [0.4, 0.5) is 11.8 Å². The number of hydrogen-bond donors (Lipinski definition) is 2. The number of piperazine rings is 1. The Morgan fingerprint density at radius 3 is 2.62 bits per heavy atom. The fraction of sp³-hybridized carbons (Fsp3) is 0.600. The number of benzene rings is 1. The van der Waals surface area contributed by atoms with E-state index in [-0.39, 0.29) is 6.61 Å². The highest BCUT2D eigenvalue weighted by atomic mass is 16.3. The number of nitrogens with one attached hydrogen (secondary N) is 1. The molecule has 0 spiro atoms. The summed E-state index contributed by atoms with van der Waals surface area (Å²) in [4.78, 5) is 16.9. The van der Waals surface area contributed by atoms with Crippen molar-refractivity contribution in [3.8, 4) is 0 Å². The molecule has 2 N–H and O–H groups in total. The summed E-state index contributed by atoms with van der Waals surface area (Å²) in [6.45, 7) is 7.21. The largest absolute Gasteiger partial charge is 0.395 e. The van der Waals surface area contributed by atoms with Crippen molar-refractivity contribution in [2.45, 2.75) is 50.7 Å². The van der Waals surface area contributed by atoms with Crippen LogP contribution >= 0.6 is 0 Å². The van der Waals surface area contributed by atoms with Crippen molar-refractivity contribution in [1.29, 1.82) is 0 Å². The molecule has 1 aliphatic carbocycles. The van der Waals surface area contributed by atoms with Gasteiger partial charge < -0.3 is 15.3 Å². The second-order valence-electron chi connectivity index (χ2n) is 9.38. The summed E-state index contributed by atoms with van der Waals surface area (Å²) in [6, 6.07) is 11.7. The summed E-state index contributed by atoms with van der Waals surface area (Å²) >= 11 is 0. The van der Waals surface area contributed by atoms with Crippen molar-refractivity contribution in [2.24, 2.45) is 0 Å². The Balaban J connectivity index is 1.24.